The third-order valence-electron chi connectivity index (χ3n) is 6.14. The van der Waals surface area contributed by atoms with Crippen LogP contribution >= 0.6 is 0 Å². The number of aliphatic hydroxyl groups excluding tert-OH is 1. The maximum Gasteiger partial charge on any atom is 0.217 e. The SMILES string of the molecule is CC(=O)N[C@@H](Cc1cc(F)cc(F)c1)[C@H](O)[C@H]1CO[C@@H](OCC2CCCCC2)[C@H](C)N1. The maximum atomic E-state index is 13.6. The van der Waals surface area contributed by atoms with Gasteiger partial charge in [0.05, 0.1) is 37.4 Å². The lowest BCUT2D eigenvalue weighted by atomic mass is 9.90. The molecule has 0 unspecified atom stereocenters. The Morgan fingerprint density at radius 1 is 1.26 bits per heavy atom. The number of morpholine rings is 1. The Morgan fingerprint density at radius 2 is 1.94 bits per heavy atom. The Labute approximate surface area is 182 Å². The second kappa shape index (κ2) is 11.3. The molecular formula is C23H34F2N2O4. The zero-order chi connectivity index (χ0) is 22.4. The quantitative estimate of drug-likeness (QED) is 0.579. The third kappa shape index (κ3) is 7.20. The number of carbonyl (C=O) groups excluding carboxylic acids is 1. The van der Waals surface area contributed by atoms with Crippen LogP contribution in [0, 0.1) is 17.6 Å². The van der Waals surface area contributed by atoms with Crippen LogP contribution in [0.3, 0.4) is 0 Å². The summed E-state index contributed by atoms with van der Waals surface area (Å²) >= 11 is 0. The Bertz CT molecular complexity index is 709. The first-order valence-electron chi connectivity index (χ1n) is 11.2. The van der Waals surface area contributed by atoms with E-state index in [1.807, 2.05) is 6.92 Å². The zero-order valence-electron chi connectivity index (χ0n) is 18.3. The Kier molecular flexibility index (Phi) is 8.77. The van der Waals surface area contributed by atoms with E-state index in [0.29, 0.717) is 18.1 Å². The number of halogens is 2. The fraction of sp³-hybridized carbons (Fsp3) is 0.696. The molecule has 1 saturated carbocycles. The van der Waals surface area contributed by atoms with Gasteiger partial charge in [-0.3, -0.25) is 4.79 Å². The smallest absolute Gasteiger partial charge is 0.217 e. The molecule has 2 aliphatic rings. The molecule has 1 saturated heterocycles. The predicted octanol–water partition coefficient (Wildman–Crippen LogP) is 2.67. The van der Waals surface area contributed by atoms with Gasteiger partial charge in [0.1, 0.15) is 11.6 Å². The average Bonchev–Trinajstić information content (AvgIpc) is 2.71. The van der Waals surface area contributed by atoms with Gasteiger partial charge in [-0.2, -0.15) is 0 Å². The molecule has 1 amide bonds. The van der Waals surface area contributed by atoms with Crippen molar-refractivity contribution in [1.82, 2.24) is 10.6 Å². The van der Waals surface area contributed by atoms with Gasteiger partial charge in [0.2, 0.25) is 5.91 Å². The van der Waals surface area contributed by atoms with Crippen molar-refractivity contribution in [2.24, 2.45) is 5.92 Å². The molecule has 174 valence electrons. The van der Waals surface area contributed by atoms with Gasteiger partial charge < -0.3 is 25.2 Å². The summed E-state index contributed by atoms with van der Waals surface area (Å²) in [4.78, 5) is 11.7. The summed E-state index contributed by atoms with van der Waals surface area (Å²) in [5.74, 6) is -1.16. The zero-order valence-corrected chi connectivity index (χ0v) is 18.3. The summed E-state index contributed by atoms with van der Waals surface area (Å²) in [5.41, 5.74) is 0.355. The highest BCUT2D eigenvalue weighted by Gasteiger charge is 2.36. The molecule has 1 aromatic carbocycles. The van der Waals surface area contributed by atoms with Crippen molar-refractivity contribution >= 4 is 5.91 Å². The lowest BCUT2D eigenvalue weighted by molar-refractivity contribution is -0.197. The monoisotopic (exact) mass is 440 g/mol. The van der Waals surface area contributed by atoms with Crippen LogP contribution in [-0.2, 0) is 20.7 Å². The summed E-state index contributed by atoms with van der Waals surface area (Å²) < 4.78 is 39.0. The number of hydrogen-bond acceptors (Lipinski definition) is 5. The summed E-state index contributed by atoms with van der Waals surface area (Å²) in [5, 5.41) is 16.9. The van der Waals surface area contributed by atoms with Crippen molar-refractivity contribution in [3.05, 3.63) is 35.4 Å². The molecular weight excluding hydrogens is 406 g/mol. The molecule has 6 nitrogen and oxygen atoms in total. The van der Waals surface area contributed by atoms with Crippen molar-refractivity contribution in [1.29, 1.82) is 0 Å². The molecule has 3 N–H and O–H groups in total. The fourth-order valence-corrected chi connectivity index (χ4v) is 4.56. The van der Waals surface area contributed by atoms with Crippen molar-refractivity contribution in [3.8, 4) is 0 Å². The fourth-order valence-electron chi connectivity index (χ4n) is 4.56. The number of rotatable bonds is 8. The Morgan fingerprint density at radius 3 is 2.55 bits per heavy atom. The van der Waals surface area contributed by atoms with Crippen LogP contribution in [0.1, 0.15) is 51.5 Å². The third-order valence-corrected chi connectivity index (χ3v) is 6.14. The number of aliphatic hydroxyl groups is 1. The molecule has 1 heterocycles. The van der Waals surface area contributed by atoms with Crippen LogP contribution in [0.2, 0.25) is 0 Å². The molecule has 0 spiro atoms. The predicted molar refractivity (Wildman–Crippen MR) is 112 cm³/mol. The number of carbonyl (C=O) groups is 1. The largest absolute Gasteiger partial charge is 0.389 e. The van der Waals surface area contributed by atoms with Crippen molar-refractivity contribution in [3.63, 3.8) is 0 Å². The van der Waals surface area contributed by atoms with Gasteiger partial charge in [0.25, 0.3) is 0 Å². The second-order valence-electron chi connectivity index (χ2n) is 8.88. The van der Waals surface area contributed by atoms with Gasteiger partial charge in [-0.1, -0.05) is 19.3 Å². The van der Waals surface area contributed by atoms with Crippen LogP contribution in [0.25, 0.3) is 0 Å². The molecule has 2 fully saturated rings. The van der Waals surface area contributed by atoms with E-state index in [-0.39, 0.29) is 25.0 Å². The van der Waals surface area contributed by atoms with Gasteiger partial charge in [-0.25, -0.2) is 8.78 Å². The highest BCUT2D eigenvalue weighted by Crippen LogP contribution is 2.25. The van der Waals surface area contributed by atoms with Gasteiger partial charge >= 0.3 is 0 Å². The minimum Gasteiger partial charge on any atom is -0.389 e. The number of amides is 1. The van der Waals surface area contributed by atoms with E-state index in [1.54, 1.807) is 0 Å². The van der Waals surface area contributed by atoms with Crippen LogP contribution in [0.5, 0.6) is 0 Å². The lowest BCUT2D eigenvalue weighted by Gasteiger charge is -2.40. The first-order chi connectivity index (χ1) is 14.8. The van der Waals surface area contributed by atoms with E-state index in [4.69, 9.17) is 9.47 Å². The van der Waals surface area contributed by atoms with E-state index in [1.165, 1.54) is 51.2 Å². The van der Waals surface area contributed by atoms with Crippen molar-refractivity contribution in [2.45, 2.75) is 82.9 Å². The summed E-state index contributed by atoms with van der Waals surface area (Å²) in [7, 11) is 0. The van der Waals surface area contributed by atoms with Crippen LogP contribution in [0.15, 0.2) is 18.2 Å². The highest BCUT2D eigenvalue weighted by atomic mass is 19.1. The Hall–Kier alpha value is -1.61. The average molecular weight is 441 g/mol. The standard InChI is InChI=1S/C23H34F2N2O4/c1-14-23(30-12-16-6-4-3-5-7-16)31-13-21(26-14)22(29)20(27-15(2)28)10-17-8-18(24)11-19(25)9-17/h8-9,11,14,16,20-23,26,29H,3-7,10,12-13H2,1-2H3,(H,27,28)/t14-,20-,21+,22-,23+/m0/s1. The molecule has 1 aliphatic heterocycles. The summed E-state index contributed by atoms with van der Waals surface area (Å²) in [6.07, 6.45) is 4.85. The normalized spacial score (nSPS) is 26.9. The first kappa shape index (κ1) is 24.0. The molecule has 8 heteroatoms. The number of benzene rings is 1. The van der Waals surface area contributed by atoms with E-state index >= 15 is 0 Å². The first-order valence-corrected chi connectivity index (χ1v) is 11.2. The van der Waals surface area contributed by atoms with Crippen molar-refractivity contribution in [2.75, 3.05) is 13.2 Å². The molecule has 5 atom stereocenters. The molecule has 1 aromatic rings. The van der Waals surface area contributed by atoms with E-state index in [0.717, 1.165) is 6.07 Å². The molecule has 0 radical (unpaired) electrons. The molecule has 0 bridgehead atoms. The van der Waals surface area contributed by atoms with E-state index in [2.05, 4.69) is 10.6 Å². The van der Waals surface area contributed by atoms with Crippen molar-refractivity contribution < 1.29 is 28.2 Å². The molecule has 0 aromatic heterocycles. The molecule has 1 aliphatic carbocycles. The van der Waals surface area contributed by atoms with Crippen LogP contribution < -0.4 is 10.6 Å². The van der Waals surface area contributed by atoms with E-state index in [9.17, 15) is 18.7 Å². The maximum absolute atomic E-state index is 13.6. The Balaban J connectivity index is 1.57. The van der Waals surface area contributed by atoms with Crippen LogP contribution in [-0.4, -0.2) is 54.7 Å². The summed E-state index contributed by atoms with van der Waals surface area (Å²) in [6.45, 7) is 4.15. The molecule has 31 heavy (non-hydrogen) atoms. The number of ether oxygens (including phenoxy) is 2. The number of hydrogen-bond donors (Lipinski definition) is 3. The van der Waals surface area contributed by atoms with Gasteiger partial charge in [-0.05, 0) is 49.8 Å². The summed E-state index contributed by atoms with van der Waals surface area (Å²) in [6, 6.07) is 1.85. The minimum absolute atomic E-state index is 0.0869. The van der Waals surface area contributed by atoms with Gasteiger partial charge in [0, 0.05) is 13.0 Å². The lowest BCUT2D eigenvalue weighted by Crippen LogP contribution is -2.62. The topological polar surface area (TPSA) is 79.8 Å². The minimum atomic E-state index is -1.02. The second-order valence-corrected chi connectivity index (χ2v) is 8.88. The highest BCUT2D eigenvalue weighted by molar-refractivity contribution is 5.73. The molecule has 3 rings (SSSR count). The van der Waals surface area contributed by atoms with Crippen LogP contribution in [0.4, 0.5) is 8.78 Å². The number of nitrogens with one attached hydrogen (secondary N) is 2. The van der Waals surface area contributed by atoms with Gasteiger partial charge in [-0.15, -0.1) is 0 Å². The van der Waals surface area contributed by atoms with E-state index < -0.39 is 36.1 Å². The van der Waals surface area contributed by atoms with Gasteiger partial charge in [0.15, 0.2) is 6.29 Å².